The van der Waals surface area contributed by atoms with Crippen molar-refractivity contribution in [1.29, 1.82) is 0 Å². The van der Waals surface area contributed by atoms with E-state index in [9.17, 15) is 5.11 Å². The molecule has 0 aromatic heterocycles. The van der Waals surface area contributed by atoms with E-state index in [-0.39, 0.29) is 6.10 Å². The maximum atomic E-state index is 9.81. The molecule has 1 fully saturated rings. The van der Waals surface area contributed by atoms with Crippen molar-refractivity contribution in [3.05, 3.63) is 28.8 Å². The lowest BCUT2D eigenvalue weighted by molar-refractivity contribution is 0.117. The monoisotopic (exact) mass is 217 g/mol. The number of aryl methyl sites for hydroxylation is 2. The SMILES string of the molecule is Cc1ccc(C)c2c1NC1CCC(O)CC21. The van der Waals surface area contributed by atoms with Gasteiger partial charge in [-0.15, -0.1) is 0 Å². The molecule has 2 nitrogen and oxygen atoms in total. The van der Waals surface area contributed by atoms with Gasteiger partial charge in [0.2, 0.25) is 0 Å². The molecule has 2 aliphatic rings. The minimum Gasteiger partial charge on any atom is -0.393 e. The van der Waals surface area contributed by atoms with Crippen LogP contribution in [-0.4, -0.2) is 17.3 Å². The summed E-state index contributed by atoms with van der Waals surface area (Å²) < 4.78 is 0. The van der Waals surface area contributed by atoms with Crippen LogP contribution < -0.4 is 5.32 Å². The van der Waals surface area contributed by atoms with Gasteiger partial charge >= 0.3 is 0 Å². The van der Waals surface area contributed by atoms with Crippen LogP contribution in [0.1, 0.15) is 41.9 Å². The van der Waals surface area contributed by atoms with Gasteiger partial charge in [0.1, 0.15) is 0 Å². The summed E-state index contributed by atoms with van der Waals surface area (Å²) in [5.41, 5.74) is 5.51. The van der Waals surface area contributed by atoms with E-state index >= 15 is 0 Å². The van der Waals surface area contributed by atoms with Crippen LogP contribution in [0, 0.1) is 13.8 Å². The first kappa shape index (κ1) is 10.2. The molecule has 1 saturated carbocycles. The molecular weight excluding hydrogens is 198 g/mol. The van der Waals surface area contributed by atoms with Gasteiger partial charge in [0.15, 0.2) is 0 Å². The smallest absolute Gasteiger partial charge is 0.0547 e. The van der Waals surface area contributed by atoms with Gasteiger partial charge in [0.25, 0.3) is 0 Å². The van der Waals surface area contributed by atoms with Gasteiger partial charge in [-0.3, -0.25) is 0 Å². The summed E-state index contributed by atoms with van der Waals surface area (Å²) in [5, 5.41) is 13.5. The van der Waals surface area contributed by atoms with Crippen LogP contribution >= 0.6 is 0 Å². The molecule has 1 heterocycles. The molecule has 1 aromatic carbocycles. The second kappa shape index (κ2) is 3.49. The van der Waals surface area contributed by atoms with Crippen molar-refractivity contribution in [2.45, 2.75) is 51.2 Å². The molecular formula is C14H19NO. The highest BCUT2D eigenvalue weighted by molar-refractivity contribution is 5.66. The van der Waals surface area contributed by atoms with Crippen molar-refractivity contribution >= 4 is 5.69 Å². The zero-order valence-electron chi connectivity index (χ0n) is 9.96. The quantitative estimate of drug-likeness (QED) is 0.700. The van der Waals surface area contributed by atoms with Crippen LogP contribution in [0.15, 0.2) is 12.1 Å². The third-order valence-corrected chi connectivity index (χ3v) is 4.19. The number of aliphatic hydroxyl groups excluding tert-OH is 1. The number of aliphatic hydroxyl groups is 1. The maximum Gasteiger partial charge on any atom is 0.0547 e. The lowest BCUT2D eigenvalue weighted by Crippen LogP contribution is -2.30. The van der Waals surface area contributed by atoms with E-state index in [1.165, 1.54) is 22.4 Å². The minimum absolute atomic E-state index is 0.103. The van der Waals surface area contributed by atoms with Gasteiger partial charge in [0.05, 0.1) is 6.10 Å². The van der Waals surface area contributed by atoms with E-state index in [1.807, 2.05) is 0 Å². The fraction of sp³-hybridized carbons (Fsp3) is 0.571. The Kier molecular flexibility index (Phi) is 2.21. The lowest BCUT2D eigenvalue weighted by atomic mass is 9.79. The highest BCUT2D eigenvalue weighted by Gasteiger charge is 2.38. The molecule has 16 heavy (non-hydrogen) atoms. The first-order chi connectivity index (χ1) is 7.66. The molecule has 1 aliphatic heterocycles. The molecule has 0 radical (unpaired) electrons. The molecule has 1 aliphatic carbocycles. The lowest BCUT2D eigenvalue weighted by Gasteiger charge is -2.29. The van der Waals surface area contributed by atoms with Crippen LogP contribution in [-0.2, 0) is 0 Å². The number of hydrogen-bond donors (Lipinski definition) is 2. The first-order valence-electron chi connectivity index (χ1n) is 6.21. The van der Waals surface area contributed by atoms with E-state index in [1.54, 1.807) is 0 Å². The third-order valence-electron chi connectivity index (χ3n) is 4.19. The Hall–Kier alpha value is -1.02. The number of nitrogens with one attached hydrogen (secondary N) is 1. The third kappa shape index (κ3) is 1.36. The topological polar surface area (TPSA) is 32.3 Å². The molecule has 3 atom stereocenters. The number of fused-ring (bicyclic) bond motifs is 3. The fourth-order valence-electron chi connectivity index (χ4n) is 3.33. The van der Waals surface area contributed by atoms with Crippen LogP contribution in [0.25, 0.3) is 0 Å². The van der Waals surface area contributed by atoms with E-state index in [0.29, 0.717) is 12.0 Å². The number of rotatable bonds is 0. The van der Waals surface area contributed by atoms with Crippen molar-refractivity contribution in [2.75, 3.05) is 5.32 Å². The summed E-state index contributed by atoms with van der Waals surface area (Å²) in [6.45, 7) is 4.35. The summed E-state index contributed by atoms with van der Waals surface area (Å²) in [6, 6.07) is 4.95. The Morgan fingerprint density at radius 3 is 2.75 bits per heavy atom. The van der Waals surface area contributed by atoms with Gasteiger partial charge in [-0.25, -0.2) is 0 Å². The Balaban J connectivity index is 2.07. The Morgan fingerprint density at radius 1 is 1.19 bits per heavy atom. The second-order valence-corrected chi connectivity index (χ2v) is 5.31. The van der Waals surface area contributed by atoms with Gasteiger partial charge in [-0.2, -0.15) is 0 Å². The predicted molar refractivity (Wildman–Crippen MR) is 65.9 cm³/mol. The van der Waals surface area contributed by atoms with Gasteiger partial charge in [-0.05, 0) is 49.8 Å². The molecule has 2 N–H and O–H groups in total. The summed E-state index contributed by atoms with van der Waals surface area (Å²) in [4.78, 5) is 0. The minimum atomic E-state index is -0.103. The molecule has 0 bridgehead atoms. The van der Waals surface area contributed by atoms with Gasteiger partial charge in [0, 0.05) is 17.6 Å². The van der Waals surface area contributed by atoms with Crippen LogP contribution in [0.5, 0.6) is 0 Å². The average Bonchev–Trinajstić information content (AvgIpc) is 2.63. The number of anilines is 1. The molecule has 0 spiro atoms. The van der Waals surface area contributed by atoms with Crippen LogP contribution in [0.2, 0.25) is 0 Å². The summed E-state index contributed by atoms with van der Waals surface area (Å²) in [6.07, 6.45) is 2.86. The van der Waals surface area contributed by atoms with E-state index < -0.39 is 0 Å². The molecule has 3 unspecified atom stereocenters. The standard InChI is InChI=1S/C14H19NO/c1-8-3-4-9(2)14-13(8)11-7-10(16)5-6-12(11)15-14/h3-4,10-12,15-16H,5-7H2,1-2H3. The van der Waals surface area contributed by atoms with E-state index in [0.717, 1.165) is 19.3 Å². The Bertz CT molecular complexity index is 427. The van der Waals surface area contributed by atoms with E-state index in [2.05, 4.69) is 31.3 Å². The predicted octanol–water partition coefficient (Wildman–Crippen LogP) is 2.73. The fourth-order valence-corrected chi connectivity index (χ4v) is 3.33. The molecule has 0 saturated heterocycles. The second-order valence-electron chi connectivity index (χ2n) is 5.31. The van der Waals surface area contributed by atoms with Gasteiger partial charge < -0.3 is 10.4 Å². The first-order valence-corrected chi connectivity index (χ1v) is 6.21. The summed E-state index contributed by atoms with van der Waals surface area (Å²) in [5.74, 6) is 0.527. The Morgan fingerprint density at radius 2 is 1.94 bits per heavy atom. The highest BCUT2D eigenvalue weighted by Crippen LogP contribution is 2.46. The van der Waals surface area contributed by atoms with Crippen molar-refractivity contribution < 1.29 is 5.11 Å². The summed E-state index contributed by atoms with van der Waals surface area (Å²) in [7, 11) is 0. The van der Waals surface area contributed by atoms with Crippen molar-refractivity contribution in [3.8, 4) is 0 Å². The van der Waals surface area contributed by atoms with Crippen molar-refractivity contribution in [1.82, 2.24) is 0 Å². The zero-order chi connectivity index (χ0) is 11.3. The molecule has 86 valence electrons. The van der Waals surface area contributed by atoms with E-state index in [4.69, 9.17) is 0 Å². The van der Waals surface area contributed by atoms with Crippen LogP contribution in [0.4, 0.5) is 5.69 Å². The number of hydrogen-bond acceptors (Lipinski definition) is 2. The normalized spacial score (nSPS) is 31.8. The highest BCUT2D eigenvalue weighted by atomic mass is 16.3. The largest absolute Gasteiger partial charge is 0.393 e. The number of benzene rings is 1. The zero-order valence-corrected chi connectivity index (χ0v) is 9.96. The molecule has 2 heteroatoms. The molecule has 1 aromatic rings. The molecule has 0 amide bonds. The van der Waals surface area contributed by atoms with Crippen molar-refractivity contribution in [2.24, 2.45) is 0 Å². The van der Waals surface area contributed by atoms with Crippen molar-refractivity contribution in [3.63, 3.8) is 0 Å². The average molecular weight is 217 g/mol. The molecule has 3 rings (SSSR count). The van der Waals surface area contributed by atoms with Gasteiger partial charge in [-0.1, -0.05) is 12.1 Å². The maximum absolute atomic E-state index is 9.81. The summed E-state index contributed by atoms with van der Waals surface area (Å²) >= 11 is 0. The Labute approximate surface area is 96.7 Å². The van der Waals surface area contributed by atoms with Crippen LogP contribution in [0.3, 0.4) is 0 Å².